The van der Waals surface area contributed by atoms with E-state index in [1.807, 2.05) is 0 Å². The molecule has 10 nitrogen and oxygen atoms in total. The molecule has 0 bridgehead atoms. The van der Waals surface area contributed by atoms with Gasteiger partial charge in [0, 0.05) is 28.2 Å². The summed E-state index contributed by atoms with van der Waals surface area (Å²) in [6.45, 7) is 1.52. The van der Waals surface area contributed by atoms with Crippen LogP contribution in [0.2, 0.25) is 0 Å². The third-order valence-electron chi connectivity index (χ3n) is 5.46. The zero-order chi connectivity index (χ0) is 22.3. The van der Waals surface area contributed by atoms with Gasteiger partial charge in [0.15, 0.2) is 0 Å². The van der Waals surface area contributed by atoms with Crippen molar-refractivity contribution in [2.45, 2.75) is 57.2 Å². The predicted molar refractivity (Wildman–Crippen MR) is 105 cm³/mol. The Morgan fingerprint density at radius 3 is 2.00 bits per heavy atom. The molecule has 0 aromatic carbocycles. The highest BCUT2D eigenvalue weighted by molar-refractivity contribution is 5.94. The van der Waals surface area contributed by atoms with E-state index in [0.717, 1.165) is 30.6 Å². The molecule has 1 rings (SSSR count). The van der Waals surface area contributed by atoms with Gasteiger partial charge in [-0.3, -0.25) is 24.0 Å². The number of carboxylic acid groups (broad SMARTS) is 1. The maximum Gasteiger partial charge on any atom is 0.305 e. The first-order valence-electron chi connectivity index (χ1n) is 9.68. The molecule has 0 aromatic heterocycles. The quantitative estimate of drug-likeness (QED) is 0.467. The van der Waals surface area contributed by atoms with Gasteiger partial charge in [-0.25, -0.2) is 0 Å². The van der Waals surface area contributed by atoms with Crippen molar-refractivity contribution in [1.82, 2.24) is 20.0 Å². The number of carboxylic acids is 1. The van der Waals surface area contributed by atoms with Gasteiger partial charge in [0.1, 0.15) is 18.1 Å². The second kappa shape index (κ2) is 10.8. The van der Waals surface area contributed by atoms with Crippen molar-refractivity contribution in [3.8, 4) is 0 Å². The smallest absolute Gasteiger partial charge is 0.305 e. The molecule has 1 saturated carbocycles. The highest BCUT2D eigenvalue weighted by Gasteiger charge is 2.41. The van der Waals surface area contributed by atoms with Crippen LogP contribution in [0.4, 0.5) is 0 Å². The Labute approximate surface area is 171 Å². The Hall–Kier alpha value is -2.65. The Kier molecular flexibility index (Phi) is 9.06. The van der Waals surface area contributed by atoms with Gasteiger partial charge in [-0.15, -0.1) is 0 Å². The molecule has 0 spiro atoms. The van der Waals surface area contributed by atoms with Crippen LogP contribution in [-0.2, 0) is 24.0 Å². The highest BCUT2D eigenvalue weighted by atomic mass is 16.4. The molecule has 0 heterocycles. The standard InChI is InChI=1S/C19H32N4O6/c1-12(20-11-24)17(27)23(5)16(13-8-6-7-9-13)19(29)22(4)14(10-15(25)26)18(28)21(2)3/h11-14,16H,6-10H2,1-5H3,(H,20,24)(H,25,26)/t12-,14-,16?/m0/s1. The molecule has 0 aliphatic heterocycles. The molecule has 164 valence electrons. The van der Waals surface area contributed by atoms with Gasteiger partial charge in [0.2, 0.25) is 24.1 Å². The van der Waals surface area contributed by atoms with E-state index in [0.29, 0.717) is 6.41 Å². The highest BCUT2D eigenvalue weighted by Crippen LogP contribution is 2.31. The van der Waals surface area contributed by atoms with Crippen LogP contribution in [0, 0.1) is 5.92 Å². The molecule has 2 N–H and O–H groups in total. The fourth-order valence-electron chi connectivity index (χ4n) is 3.79. The minimum absolute atomic E-state index is 0.0951. The van der Waals surface area contributed by atoms with Crippen LogP contribution in [0.3, 0.4) is 0 Å². The van der Waals surface area contributed by atoms with E-state index >= 15 is 0 Å². The average Bonchev–Trinajstić information content (AvgIpc) is 3.18. The van der Waals surface area contributed by atoms with Crippen LogP contribution >= 0.6 is 0 Å². The van der Waals surface area contributed by atoms with Gasteiger partial charge in [-0.1, -0.05) is 12.8 Å². The number of aliphatic carboxylic acids is 1. The van der Waals surface area contributed by atoms with Gasteiger partial charge in [0.05, 0.1) is 6.42 Å². The molecule has 10 heteroatoms. The lowest BCUT2D eigenvalue weighted by atomic mass is 9.94. The summed E-state index contributed by atoms with van der Waals surface area (Å²) in [4.78, 5) is 64.3. The summed E-state index contributed by atoms with van der Waals surface area (Å²) >= 11 is 0. The molecule has 1 aliphatic rings. The molecule has 29 heavy (non-hydrogen) atoms. The van der Waals surface area contributed by atoms with Crippen molar-refractivity contribution in [2.75, 3.05) is 28.2 Å². The third-order valence-corrected chi connectivity index (χ3v) is 5.46. The molecule has 0 aromatic rings. The van der Waals surface area contributed by atoms with Gasteiger partial charge in [-0.2, -0.15) is 0 Å². The molecular weight excluding hydrogens is 380 g/mol. The van der Waals surface area contributed by atoms with E-state index in [-0.39, 0.29) is 5.92 Å². The lowest BCUT2D eigenvalue weighted by Gasteiger charge is -2.38. The summed E-state index contributed by atoms with van der Waals surface area (Å²) < 4.78 is 0. The summed E-state index contributed by atoms with van der Waals surface area (Å²) in [5, 5.41) is 11.6. The van der Waals surface area contributed by atoms with Crippen molar-refractivity contribution >= 4 is 30.1 Å². The average molecular weight is 412 g/mol. The van der Waals surface area contributed by atoms with E-state index < -0.39 is 48.2 Å². The maximum atomic E-state index is 13.4. The summed E-state index contributed by atoms with van der Waals surface area (Å²) in [6.07, 6.45) is 3.26. The molecule has 3 atom stereocenters. The van der Waals surface area contributed by atoms with Crippen LogP contribution in [0.25, 0.3) is 0 Å². The van der Waals surface area contributed by atoms with Crippen molar-refractivity contribution in [3.63, 3.8) is 0 Å². The second-order valence-electron chi connectivity index (χ2n) is 7.74. The van der Waals surface area contributed by atoms with Gasteiger partial charge in [0.25, 0.3) is 0 Å². The molecular formula is C19H32N4O6. The van der Waals surface area contributed by atoms with Crippen molar-refractivity contribution < 1.29 is 29.1 Å². The van der Waals surface area contributed by atoms with Gasteiger partial charge < -0.3 is 25.1 Å². The van der Waals surface area contributed by atoms with Crippen LogP contribution in [-0.4, -0.2) is 96.2 Å². The number of nitrogens with zero attached hydrogens (tertiary/aromatic N) is 3. The first-order chi connectivity index (χ1) is 13.5. The fourth-order valence-corrected chi connectivity index (χ4v) is 3.79. The van der Waals surface area contributed by atoms with Crippen LogP contribution in [0.15, 0.2) is 0 Å². The van der Waals surface area contributed by atoms with Crippen molar-refractivity contribution in [3.05, 3.63) is 0 Å². The fraction of sp³-hybridized carbons (Fsp3) is 0.737. The number of hydrogen-bond acceptors (Lipinski definition) is 5. The molecule has 1 fully saturated rings. The summed E-state index contributed by atoms with van der Waals surface area (Å²) in [5.74, 6) is -2.70. The summed E-state index contributed by atoms with van der Waals surface area (Å²) in [6, 6.07) is -2.82. The van der Waals surface area contributed by atoms with E-state index in [1.54, 1.807) is 0 Å². The van der Waals surface area contributed by atoms with E-state index in [2.05, 4.69) is 5.32 Å². The molecule has 0 saturated heterocycles. The topological polar surface area (TPSA) is 127 Å². The van der Waals surface area contributed by atoms with E-state index in [4.69, 9.17) is 0 Å². The van der Waals surface area contributed by atoms with Crippen LogP contribution < -0.4 is 5.32 Å². The monoisotopic (exact) mass is 412 g/mol. The largest absolute Gasteiger partial charge is 0.481 e. The number of nitrogens with one attached hydrogen (secondary N) is 1. The number of carbonyl (C=O) groups excluding carboxylic acids is 4. The Balaban J connectivity index is 3.20. The van der Waals surface area contributed by atoms with Gasteiger partial charge in [-0.05, 0) is 25.7 Å². The summed E-state index contributed by atoms with van der Waals surface area (Å²) in [7, 11) is 5.88. The Morgan fingerprint density at radius 2 is 1.55 bits per heavy atom. The first-order valence-corrected chi connectivity index (χ1v) is 9.68. The van der Waals surface area contributed by atoms with E-state index in [1.165, 1.54) is 44.9 Å². The SMILES string of the molecule is C[C@H](NC=O)C(=O)N(C)C(C(=O)N(C)[C@@H](CC(=O)O)C(=O)N(C)C)C1CCCC1. The van der Waals surface area contributed by atoms with Crippen LogP contribution in [0.1, 0.15) is 39.0 Å². The van der Waals surface area contributed by atoms with E-state index in [9.17, 15) is 29.1 Å². The number of rotatable bonds is 10. The number of carbonyl (C=O) groups is 5. The third kappa shape index (κ3) is 6.16. The first kappa shape index (κ1) is 24.4. The van der Waals surface area contributed by atoms with Crippen LogP contribution in [0.5, 0.6) is 0 Å². The predicted octanol–water partition coefficient (Wildman–Crippen LogP) is -0.472. The normalized spacial score (nSPS) is 17.0. The molecule has 1 aliphatic carbocycles. The lowest BCUT2D eigenvalue weighted by molar-refractivity contribution is -0.154. The number of hydrogen-bond donors (Lipinski definition) is 2. The molecule has 0 radical (unpaired) electrons. The second-order valence-corrected chi connectivity index (χ2v) is 7.74. The number of amides is 4. The van der Waals surface area contributed by atoms with Crippen molar-refractivity contribution in [2.24, 2.45) is 5.92 Å². The Bertz CT molecular complexity index is 632. The van der Waals surface area contributed by atoms with Crippen molar-refractivity contribution in [1.29, 1.82) is 0 Å². The lowest BCUT2D eigenvalue weighted by Crippen LogP contribution is -2.58. The minimum Gasteiger partial charge on any atom is -0.481 e. The zero-order valence-electron chi connectivity index (χ0n) is 17.8. The summed E-state index contributed by atoms with van der Waals surface area (Å²) in [5.41, 5.74) is 0. The maximum absolute atomic E-state index is 13.4. The molecule has 1 unspecified atom stereocenters. The number of likely N-dealkylation sites (N-methyl/N-ethyl adjacent to an activating group) is 3. The van der Waals surface area contributed by atoms with Gasteiger partial charge >= 0.3 is 5.97 Å². The minimum atomic E-state index is -1.20. The molecule has 4 amide bonds. The Morgan fingerprint density at radius 1 is 1.00 bits per heavy atom. The zero-order valence-corrected chi connectivity index (χ0v) is 17.8.